The van der Waals surface area contributed by atoms with Crippen LogP contribution in [0.3, 0.4) is 0 Å². The zero-order valence-corrected chi connectivity index (χ0v) is 20.6. The molecule has 32 heavy (non-hydrogen) atoms. The lowest BCUT2D eigenvalue weighted by atomic mass is 10.2. The third kappa shape index (κ3) is 5.99. The number of ether oxygens (including phenoxy) is 1. The minimum Gasteiger partial charge on any atom is -0.487 e. The van der Waals surface area contributed by atoms with E-state index >= 15 is 0 Å². The zero-order valence-electron chi connectivity index (χ0n) is 16.6. The zero-order chi connectivity index (χ0) is 22.3. The number of carbonyl (C=O) groups excluding carboxylic acids is 1. The van der Waals surface area contributed by atoms with Gasteiger partial charge in [-0.1, -0.05) is 54.2 Å². The molecule has 1 N–H and O–H groups in total. The van der Waals surface area contributed by atoms with E-state index in [9.17, 15) is 4.79 Å². The fourth-order valence-electron chi connectivity index (χ4n) is 2.77. The van der Waals surface area contributed by atoms with Crippen LogP contribution in [0.2, 0.25) is 0 Å². The Bertz CT molecular complexity index is 1210. The van der Waals surface area contributed by atoms with E-state index in [1.807, 2.05) is 66.7 Å². The molecule has 3 aromatic carbocycles. The van der Waals surface area contributed by atoms with Crippen LogP contribution in [0.25, 0.3) is 11.1 Å². The number of oxazole rings is 1. The summed E-state index contributed by atoms with van der Waals surface area (Å²) in [7, 11) is 0. The molecule has 0 spiro atoms. The third-order valence-electron chi connectivity index (χ3n) is 4.25. The van der Waals surface area contributed by atoms with Gasteiger partial charge < -0.3 is 9.15 Å². The second-order valence-electron chi connectivity index (χ2n) is 6.62. The van der Waals surface area contributed by atoms with Gasteiger partial charge >= 0.3 is 0 Å². The first kappa shape index (κ1) is 22.6. The van der Waals surface area contributed by atoms with Crippen molar-refractivity contribution in [1.29, 1.82) is 0 Å². The minimum absolute atomic E-state index is 0.143. The SMILES string of the molecule is O=C(CSc1nc2ccccc2o1)N/N=C\c1cc(Br)c(OCc2ccccc2)c(Br)c1. The first-order chi connectivity index (χ1) is 15.6. The Morgan fingerprint density at radius 1 is 1.09 bits per heavy atom. The van der Waals surface area contributed by atoms with Crippen LogP contribution in [-0.4, -0.2) is 22.9 Å². The van der Waals surface area contributed by atoms with Gasteiger partial charge in [-0.15, -0.1) is 0 Å². The van der Waals surface area contributed by atoms with Crippen molar-refractivity contribution in [3.05, 3.63) is 86.8 Å². The Hall–Kier alpha value is -2.62. The predicted molar refractivity (Wildman–Crippen MR) is 133 cm³/mol. The number of thioether (sulfide) groups is 1. The van der Waals surface area contributed by atoms with Crippen molar-refractivity contribution in [3.8, 4) is 5.75 Å². The Kier molecular flexibility index (Phi) is 7.62. The lowest BCUT2D eigenvalue weighted by Crippen LogP contribution is -2.19. The summed E-state index contributed by atoms with van der Waals surface area (Å²) >= 11 is 8.28. The number of hydrogen-bond acceptors (Lipinski definition) is 6. The van der Waals surface area contributed by atoms with Crippen LogP contribution in [-0.2, 0) is 11.4 Å². The maximum atomic E-state index is 12.1. The van der Waals surface area contributed by atoms with Gasteiger partial charge in [0.25, 0.3) is 11.1 Å². The largest absolute Gasteiger partial charge is 0.487 e. The number of aromatic nitrogens is 1. The summed E-state index contributed by atoms with van der Waals surface area (Å²) in [5.41, 5.74) is 5.85. The van der Waals surface area contributed by atoms with Gasteiger partial charge in [-0.2, -0.15) is 5.10 Å². The molecule has 6 nitrogen and oxygen atoms in total. The first-order valence-electron chi connectivity index (χ1n) is 9.54. The Morgan fingerprint density at radius 2 is 1.81 bits per heavy atom. The molecular weight excluding hydrogens is 558 g/mol. The van der Waals surface area contributed by atoms with Gasteiger partial charge in [0.2, 0.25) is 0 Å². The minimum atomic E-state index is -0.255. The Balaban J connectivity index is 1.30. The molecule has 162 valence electrons. The lowest BCUT2D eigenvalue weighted by Gasteiger charge is -2.11. The number of benzene rings is 3. The van der Waals surface area contributed by atoms with Gasteiger partial charge in [0, 0.05) is 0 Å². The Labute approximate surface area is 205 Å². The molecule has 0 aliphatic carbocycles. The second-order valence-corrected chi connectivity index (χ2v) is 9.25. The topological polar surface area (TPSA) is 76.7 Å². The molecule has 0 bridgehead atoms. The molecule has 0 aliphatic rings. The van der Waals surface area contributed by atoms with E-state index in [0.717, 1.165) is 25.6 Å². The summed E-state index contributed by atoms with van der Waals surface area (Å²) < 4.78 is 13.1. The van der Waals surface area contributed by atoms with Crippen molar-refractivity contribution in [2.45, 2.75) is 11.8 Å². The summed E-state index contributed by atoms with van der Waals surface area (Å²) in [6.45, 7) is 0.458. The number of hydrogen-bond donors (Lipinski definition) is 1. The molecule has 0 saturated carbocycles. The van der Waals surface area contributed by atoms with Gasteiger partial charge in [0.1, 0.15) is 17.9 Å². The summed E-state index contributed by atoms with van der Waals surface area (Å²) in [6.07, 6.45) is 1.57. The van der Waals surface area contributed by atoms with Gasteiger partial charge in [-0.05, 0) is 67.3 Å². The number of fused-ring (bicyclic) bond motifs is 1. The predicted octanol–water partition coefficient (Wildman–Crippen LogP) is 6.17. The van der Waals surface area contributed by atoms with E-state index < -0.39 is 0 Å². The molecule has 1 heterocycles. The van der Waals surface area contributed by atoms with Gasteiger partial charge in [0.15, 0.2) is 5.58 Å². The molecule has 1 aromatic heterocycles. The number of amides is 1. The van der Waals surface area contributed by atoms with Crippen molar-refractivity contribution in [1.82, 2.24) is 10.4 Å². The van der Waals surface area contributed by atoms with Crippen LogP contribution in [0.15, 0.2) is 90.4 Å². The summed E-state index contributed by atoms with van der Waals surface area (Å²) in [5, 5.41) is 4.48. The van der Waals surface area contributed by atoms with E-state index in [4.69, 9.17) is 9.15 Å². The normalized spacial score (nSPS) is 11.2. The lowest BCUT2D eigenvalue weighted by molar-refractivity contribution is -0.118. The van der Waals surface area contributed by atoms with Crippen LogP contribution < -0.4 is 10.2 Å². The molecule has 0 radical (unpaired) electrons. The van der Waals surface area contributed by atoms with Crippen LogP contribution in [0.4, 0.5) is 0 Å². The summed E-state index contributed by atoms with van der Waals surface area (Å²) in [6, 6.07) is 21.1. The number of carbonyl (C=O) groups is 1. The van der Waals surface area contributed by atoms with Gasteiger partial charge in [0.05, 0.1) is 20.9 Å². The van der Waals surface area contributed by atoms with E-state index in [0.29, 0.717) is 23.2 Å². The molecule has 9 heteroatoms. The highest BCUT2D eigenvalue weighted by molar-refractivity contribution is 9.11. The van der Waals surface area contributed by atoms with Crippen LogP contribution in [0.5, 0.6) is 5.75 Å². The molecule has 4 rings (SSSR count). The second kappa shape index (κ2) is 10.8. The highest BCUT2D eigenvalue weighted by Gasteiger charge is 2.10. The van der Waals surface area contributed by atoms with Gasteiger partial charge in [-0.25, -0.2) is 10.4 Å². The van der Waals surface area contributed by atoms with E-state index in [1.54, 1.807) is 6.21 Å². The maximum absolute atomic E-state index is 12.1. The van der Waals surface area contributed by atoms with Crippen molar-refractivity contribution < 1.29 is 13.9 Å². The van der Waals surface area contributed by atoms with E-state index in [-0.39, 0.29) is 11.7 Å². The standard InChI is InChI=1S/C23H17Br2N3O3S/c24-17-10-16(11-18(25)22(17)30-13-15-6-2-1-3-7-15)12-26-28-21(29)14-32-23-27-19-8-4-5-9-20(19)31-23/h1-12H,13-14H2,(H,28,29)/b26-12-. The number of rotatable bonds is 8. The van der Waals surface area contributed by atoms with Crippen LogP contribution in [0, 0.1) is 0 Å². The molecule has 0 aliphatic heterocycles. The fraction of sp³-hybridized carbons (Fsp3) is 0.0870. The molecule has 0 saturated heterocycles. The fourth-order valence-corrected chi connectivity index (χ4v) is 4.85. The average Bonchev–Trinajstić information content (AvgIpc) is 3.21. The quantitative estimate of drug-likeness (QED) is 0.155. The number of nitrogens with one attached hydrogen (secondary N) is 1. The molecule has 4 aromatic rings. The highest BCUT2D eigenvalue weighted by atomic mass is 79.9. The maximum Gasteiger partial charge on any atom is 0.257 e. The number of para-hydroxylation sites is 2. The third-order valence-corrected chi connectivity index (χ3v) is 6.26. The van der Waals surface area contributed by atoms with E-state index in [1.165, 1.54) is 11.8 Å². The smallest absolute Gasteiger partial charge is 0.257 e. The molecule has 0 fully saturated rings. The van der Waals surface area contributed by atoms with Gasteiger partial charge in [-0.3, -0.25) is 4.79 Å². The van der Waals surface area contributed by atoms with Crippen molar-refractivity contribution >= 4 is 66.8 Å². The molecular formula is C23H17Br2N3O3S. The van der Waals surface area contributed by atoms with E-state index in [2.05, 4.69) is 47.4 Å². The van der Waals surface area contributed by atoms with Crippen LogP contribution in [0.1, 0.15) is 11.1 Å². The summed E-state index contributed by atoms with van der Waals surface area (Å²) in [5.74, 6) is 0.586. The molecule has 0 atom stereocenters. The first-order valence-corrected chi connectivity index (χ1v) is 12.1. The molecule has 1 amide bonds. The Morgan fingerprint density at radius 3 is 2.56 bits per heavy atom. The number of nitrogens with zero attached hydrogens (tertiary/aromatic N) is 2. The number of hydrazone groups is 1. The van der Waals surface area contributed by atoms with Crippen molar-refractivity contribution in [3.63, 3.8) is 0 Å². The van der Waals surface area contributed by atoms with Crippen molar-refractivity contribution in [2.24, 2.45) is 5.10 Å². The van der Waals surface area contributed by atoms with Crippen molar-refractivity contribution in [2.75, 3.05) is 5.75 Å². The van der Waals surface area contributed by atoms with Crippen LogP contribution >= 0.6 is 43.6 Å². The highest BCUT2D eigenvalue weighted by Crippen LogP contribution is 2.35. The summed E-state index contributed by atoms with van der Waals surface area (Å²) in [4.78, 5) is 16.4. The monoisotopic (exact) mass is 573 g/mol. The average molecular weight is 575 g/mol. The molecule has 0 unspecified atom stereocenters. The number of halogens is 2.